The number of para-hydroxylation sites is 2. The molecule has 59 heavy (non-hydrogen) atoms. The lowest BCUT2D eigenvalue weighted by Crippen LogP contribution is -2.63. The molecule has 0 radical (unpaired) electrons. The second-order valence-electron chi connectivity index (χ2n) is 18.8. The standard InChI is InChI=1S/C52H50B2N2O3/c1-10-17-35(21-16-18-32(2)3)56-43-27-34(52(7,8)9)29-47-49(43)54(38-24-25-57-50(38)56)40-30-39-41(31-45(40)59-47)55(36-19-12-11-13-20-36)42-26-33(51(4,5)6)28-46-48(42)53(39)37-22-14-15-23-44(37)58-46/h10-32H,1-9H3/b17-10-,18-16+,35-21+. The van der Waals surface area contributed by atoms with Gasteiger partial charge in [-0.05, 0) is 128 Å². The monoisotopic (exact) mass is 772 g/mol. The zero-order chi connectivity index (χ0) is 41.0. The summed E-state index contributed by atoms with van der Waals surface area (Å²) in [6.45, 7) is 19.9. The van der Waals surface area contributed by atoms with Crippen molar-refractivity contribution in [3.8, 4) is 23.0 Å². The molecule has 5 heterocycles. The molecular formula is C52H50B2N2O3. The van der Waals surface area contributed by atoms with Crippen LogP contribution in [0.3, 0.4) is 0 Å². The summed E-state index contributed by atoms with van der Waals surface area (Å²) < 4.78 is 20.7. The van der Waals surface area contributed by atoms with Crippen LogP contribution in [0.4, 0.5) is 28.6 Å². The quantitative estimate of drug-likeness (QED) is 0.129. The van der Waals surface area contributed by atoms with Gasteiger partial charge in [0, 0.05) is 34.5 Å². The Hall–Kier alpha value is -6.07. The zero-order valence-electron chi connectivity index (χ0n) is 35.6. The minimum Gasteiger partial charge on any atom is -0.458 e. The van der Waals surface area contributed by atoms with Crippen molar-refractivity contribution < 1.29 is 13.9 Å². The number of hydrogen-bond donors (Lipinski definition) is 0. The van der Waals surface area contributed by atoms with Crippen LogP contribution in [0.5, 0.6) is 23.0 Å². The number of allylic oxidation sites excluding steroid dienone is 5. The summed E-state index contributed by atoms with van der Waals surface area (Å²) in [7, 11) is 0. The highest BCUT2D eigenvalue weighted by molar-refractivity contribution is 7.02. The van der Waals surface area contributed by atoms with Gasteiger partial charge in [-0.2, -0.15) is 0 Å². The third-order valence-electron chi connectivity index (χ3n) is 12.3. The maximum Gasteiger partial charge on any atom is 0.260 e. The fourth-order valence-corrected chi connectivity index (χ4v) is 9.37. The van der Waals surface area contributed by atoms with Crippen molar-refractivity contribution >= 4 is 74.8 Å². The van der Waals surface area contributed by atoms with Crippen molar-refractivity contribution in [2.45, 2.75) is 73.1 Å². The molecule has 7 heteroatoms. The average Bonchev–Trinajstić information content (AvgIpc) is 3.69. The Bertz CT molecular complexity index is 2760. The first-order valence-electron chi connectivity index (χ1n) is 21.0. The summed E-state index contributed by atoms with van der Waals surface area (Å²) in [6.07, 6.45) is 12.7. The number of furan rings is 1. The van der Waals surface area contributed by atoms with Gasteiger partial charge >= 0.3 is 0 Å². The van der Waals surface area contributed by atoms with Crippen molar-refractivity contribution in [2.75, 3.05) is 9.80 Å². The van der Waals surface area contributed by atoms with E-state index in [1.165, 1.54) is 27.5 Å². The van der Waals surface area contributed by atoms with E-state index in [0.717, 1.165) is 73.7 Å². The summed E-state index contributed by atoms with van der Waals surface area (Å²) in [5, 5.41) is 0. The molecule has 4 aliphatic heterocycles. The van der Waals surface area contributed by atoms with Gasteiger partial charge in [0.2, 0.25) is 0 Å². The number of benzene rings is 5. The normalized spacial score (nSPS) is 15.1. The Morgan fingerprint density at radius 1 is 0.627 bits per heavy atom. The van der Waals surface area contributed by atoms with Gasteiger partial charge in [-0.3, -0.25) is 4.90 Å². The van der Waals surface area contributed by atoms with E-state index < -0.39 is 0 Å². The number of rotatable bonds is 5. The first-order chi connectivity index (χ1) is 28.3. The van der Waals surface area contributed by atoms with Crippen LogP contribution >= 0.6 is 0 Å². The number of nitrogens with zero attached hydrogens (tertiary/aromatic N) is 2. The molecule has 0 amide bonds. The topological polar surface area (TPSA) is 38.1 Å². The smallest absolute Gasteiger partial charge is 0.260 e. The van der Waals surface area contributed by atoms with E-state index in [1.807, 2.05) is 6.26 Å². The SMILES string of the molecule is C\C=C/C(=C\C=C\C(C)C)N1c2cc(C(C)(C)C)cc3c2B(c2cc4c(cc2O3)N(c2ccccc2)c2cc(C(C)(C)C)cc3c2B4c2ccccc2O3)c2ccoc21. The number of ether oxygens (including phenoxy) is 2. The second-order valence-corrected chi connectivity index (χ2v) is 18.8. The number of fused-ring (bicyclic) bond motifs is 8. The van der Waals surface area contributed by atoms with E-state index in [-0.39, 0.29) is 24.3 Å². The third-order valence-corrected chi connectivity index (χ3v) is 12.3. The van der Waals surface area contributed by atoms with Crippen LogP contribution < -0.4 is 52.1 Å². The van der Waals surface area contributed by atoms with Crippen LogP contribution in [0.2, 0.25) is 0 Å². The van der Waals surface area contributed by atoms with Gasteiger partial charge in [-0.1, -0.05) is 116 Å². The van der Waals surface area contributed by atoms with Crippen molar-refractivity contribution in [3.05, 3.63) is 151 Å². The summed E-state index contributed by atoms with van der Waals surface area (Å²) in [4.78, 5) is 4.72. The fraction of sp³-hybridized carbons (Fsp3) is 0.231. The molecular weight excluding hydrogens is 722 g/mol. The molecule has 0 N–H and O–H groups in total. The molecule has 10 rings (SSSR count). The van der Waals surface area contributed by atoms with Gasteiger partial charge < -0.3 is 18.8 Å². The van der Waals surface area contributed by atoms with E-state index in [2.05, 4.69) is 200 Å². The Labute approximate surface area is 349 Å². The van der Waals surface area contributed by atoms with Gasteiger partial charge in [-0.25, -0.2) is 0 Å². The molecule has 0 bridgehead atoms. The van der Waals surface area contributed by atoms with E-state index in [4.69, 9.17) is 13.9 Å². The van der Waals surface area contributed by atoms with Crippen LogP contribution in [0.15, 0.2) is 144 Å². The Kier molecular flexibility index (Phi) is 8.51. The van der Waals surface area contributed by atoms with Gasteiger partial charge in [0.05, 0.1) is 6.26 Å². The molecule has 4 aliphatic rings. The third kappa shape index (κ3) is 5.92. The molecule has 5 nitrogen and oxygen atoms in total. The van der Waals surface area contributed by atoms with E-state index in [1.54, 1.807) is 0 Å². The predicted molar refractivity (Wildman–Crippen MR) is 249 cm³/mol. The molecule has 0 aliphatic carbocycles. The van der Waals surface area contributed by atoms with Gasteiger partial charge in [0.25, 0.3) is 13.4 Å². The molecule has 292 valence electrons. The van der Waals surface area contributed by atoms with Crippen molar-refractivity contribution in [1.82, 2.24) is 0 Å². The van der Waals surface area contributed by atoms with Crippen LogP contribution in [0, 0.1) is 5.92 Å². The highest BCUT2D eigenvalue weighted by Gasteiger charge is 2.48. The van der Waals surface area contributed by atoms with Crippen LogP contribution in [0.1, 0.15) is 73.4 Å². The number of hydrogen-bond acceptors (Lipinski definition) is 5. The summed E-state index contributed by atoms with van der Waals surface area (Å²) in [5.41, 5.74) is 14.6. The molecule has 0 atom stereocenters. The van der Waals surface area contributed by atoms with Gasteiger partial charge in [-0.15, -0.1) is 0 Å². The first kappa shape index (κ1) is 37.2. The maximum atomic E-state index is 7.28. The Balaban J connectivity index is 1.26. The fourth-order valence-electron chi connectivity index (χ4n) is 9.37. The highest BCUT2D eigenvalue weighted by atomic mass is 16.5. The molecule has 6 aromatic rings. The van der Waals surface area contributed by atoms with Gasteiger partial charge in [0.1, 0.15) is 23.0 Å². The highest BCUT2D eigenvalue weighted by Crippen LogP contribution is 2.46. The summed E-state index contributed by atoms with van der Waals surface area (Å²) in [6, 6.07) is 35.5. The molecule has 0 spiro atoms. The predicted octanol–water partition coefficient (Wildman–Crippen LogP) is 10.0. The zero-order valence-corrected chi connectivity index (χ0v) is 35.6. The van der Waals surface area contributed by atoms with Crippen LogP contribution in [-0.2, 0) is 10.8 Å². The largest absolute Gasteiger partial charge is 0.458 e. The first-order valence-corrected chi connectivity index (χ1v) is 21.0. The van der Waals surface area contributed by atoms with Crippen molar-refractivity contribution in [2.24, 2.45) is 5.92 Å². The lowest BCUT2D eigenvalue weighted by Gasteiger charge is -2.43. The summed E-state index contributed by atoms with van der Waals surface area (Å²) >= 11 is 0. The average molecular weight is 773 g/mol. The maximum absolute atomic E-state index is 7.28. The minimum absolute atomic E-state index is 0.0516. The lowest BCUT2D eigenvalue weighted by atomic mass is 9.31. The Morgan fingerprint density at radius 3 is 1.97 bits per heavy atom. The summed E-state index contributed by atoms with van der Waals surface area (Å²) in [5.74, 6) is 4.82. The molecule has 0 fully saturated rings. The molecule has 1 aromatic heterocycles. The van der Waals surface area contributed by atoms with E-state index in [9.17, 15) is 0 Å². The number of anilines is 5. The van der Waals surface area contributed by atoms with Crippen molar-refractivity contribution in [1.29, 1.82) is 0 Å². The molecule has 0 unspecified atom stereocenters. The second kappa shape index (κ2) is 13.5. The minimum atomic E-state index is -0.135. The van der Waals surface area contributed by atoms with Crippen LogP contribution in [-0.4, -0.2) is 13.4 Å². The molecule has 0 saturated heterocycles. The van der Waals surface area contributed by atoms with E-state index in [0.29, 0.717) is 5.92 Å². The van der Waals surface area contributed by atoms with Gasteiger partial charge in [0.15, 0.2) is 5.88 Å². The van der Waals surface area contributed by atoms with E-state index >= 15 is 0 Å². The van der Waals surface area contributed by atoms with Crippen LogP contribution in [0.25, 0.3) is 0 Å². The lowest BCUT2D eigenvalue weighted by molar-refractivity contribution is 0.482. The Morgan fingerprint density at radius 2 is 1.27 bits per heavy atom. The molecule has 5 aromatic carbocycles. The molecule has 0 saturated carbocycles. The van der Waals surface area contributed by atoms with Crippen molar-refractivity contribution in [3.63, 3.8) is 0 Å².